The molecule has 0 radical (unpaired) electrons. The second kappa shape index (κ2) is 11.0. The van der Waals surface area contributed by atoms with E-state index in [9.17, 15) is 4.79 Å². The van der Waals surface area contributed by atoms with E-state index in [0.717, 1.165) is 24.9 Å². The first-order chi connectivity index (χ1) is 11.7. The zero-order valence-electron chi connectivity index (χ0n) is 14.9. The molecule has 1 aliphatic carbocycles. The summed E-state index contributed by atoms with van der Waals surface area (Å²) in [5, 5.41) is 9.12. The molecule has 25 heavy (non-hydrogen) atoms. The summed E-state index contributed by atoms with van der Waals surface area (Å²) in [5.41, 5.74) is 0.993. The third-order valence-electron chi connectivity index (χ3n) is 3.57. The molecule has 140 valence electrons. The fourth-order valence-corrected chi connectivity index (χ4v) is 2.16. The maximum atomic E-state index is 11.7. The molecule has 1 saturated carbocycles. The van der Waals surface area contributed by atoms with E-state index in [1.807, 2.05) is 25.1 Å². The number of ether oxygens (including phenoxy) is 2. The fraction of sp³-hybridized carbons (Fsp3) is 0.529. The summed E-state index contributed by atoms with van der Waals surface area (Å²) in [6.07, 6.45) is 2.17. The fourth-order valence-electron chi connectivity index (χ4n) is 2.16. The molecule has 1 amide bonds. The molecule has 0 atom stereocenters. The first-order valence-electron chi connectivity index (χ1n) is 8.18. The Balaban J connectivity index is 0.00000312. The Morgan fingerprint density at radius 1 is 1.20 bits per heavy atom. The van der Waals surface area contributed by atoms with E-state index in [1.54, 1.807) is 14.2 Å². The largest absolute Gasteiger partial charge is 0.493 e. The van der Waals surface area contributed by atoms with Crippen LogP contribution in [0.1, 0.15) is 25.3 Å². The van der Waals surface area contributed by atoms with Gasteiger partial charge in [0, 0.05) is 12.6 Å². The summed E-state index contributed by atoms with van der Waals surface area (Å²) < 4.78 is 10.5. The average Bonchev–Trinajstić information content (AvgIpc) is 3.40. The molecule has 0 bridgehead atoms. The molecule has 0 heterocycles. The van der Waals surface area contributed by atoms with Gasteiger partial charge in [-0.25, -0.2) is 4.99 Å². The molecule has 2 rings (SSSR count). The first kappa shape index (κ1) is 21.3. The molecule has 8 heteroatoms. The lowest BCUT2D eigenvalue weighted by Crippen LogP contribution is -2.43. The molecule has 3 N–H and O–H groups in total. The summed E-state index contributed by atoms with van der Waals surface area (Å²) in [7, 11) is 3.21. The highest BCUT2D eigenvalue weighted by Crippen LogP contribution is 2.27. The Bertz CT molecular complexity index is 591. The van der Waals surface area contributed by atoms with Crippen molar-refractivity contribution in [2.24, 2.45) is 4.99 Å². The van der Waals surface area contributed by atoms with Crippen LogP contribution >= 0.6 is 24.0 Å². The standard InChI is InChI=1S/C17H26N4O3.HI/c1-4-18-17(20-11-16(22)21-13-6-7-13)19-10-12-5-8-14(23-2)15(9-12)24-3;/h5,8-9,13H,4,6-7,10-11H2,1-3H3,(H,21,22)(H2,18,19,20);1H. The van der Waals surface area contributed by atoms with Crippen molar-refractivity contribution in [1.29, 1.82) is 0 Å². The molecule has 1 aliphatic rings. The van der Waals surface area contributed by atoms with Gasteiger partial charge >= 0.3 is 0 Å². The zero-order valence-corrected chi connectivity index (χ0v) is 17.3. The SMILES string of the molecule is CCNC(=NCc1ccc(OC)c(OC)c1)NCC(=O)NC1CC1.I. The molecule has 0 aliphatic heterocycles. The number of hydrogen-bond acceptors (Lipinski definition) is 4. The normalized spacial score (nSPS) is 13.5. The molecule has 7 nitrogen and oxygen atoms in total. The minimum Gasteiger partial charge on any atom is -0.493 e. The lowest BCUT2D eigenvalue weighted by Gasteiger charge is -2.12. The number of nitrogens with zero attached hydrogens (tertiary/aromatic N) is 1. The summed E-state index contributed by atoms with van der Waals surface area (Å²) in [6.45, 7) is 3.40. The van der Waals surface area contributed by atoms with Crippen molar-refractivity contribution in [2.45, 2.75) is 32.4 Å². The van der Waals surface area contributed by atoms with Gasteiger partial charge in [-0.3, -0.25) is 4.79 Å². The van der Waals surface area contributed by atoms with Gasteiger partial charge in [0.05, 0.1) is 27.3 Å². The summed E-state index contributed by atoms with van der Waals surface area (Å²) in [4.78, 5) is 16.2. The van der Waals surface area contributed by atoms with Crippen molar-refractivity contribution in [3.05, 3.63) is 23.8 Å². The van der Waals surface area contributed by atoms with Crippen molar-refractivity contribution in [2.75, 3.05) is 27.3 Å². The maximum Gasteiger partial charge on any atom is 0.239 e. The van der Waals surface area contributed by atoms with Gasteiger partial charge in [-0.1, -0.05) is 6.07 Å². The Hall–Kier alpha value is -1.71. The smallest absolute Gasteiger partial charge is 0.239 e. The van der Waals surface area contributed by atoms with Crippen molar-refractivity contribution in [3.63, 3.8) is 0 Å². The Labute approximate surface area is 166 Å². The van der Waals surface area contributed by atoms with Crippen LogP contribution in [0.2, 0.25) is 0 Å². The van der Waals surface area contributed by atoms with E-state index in [1.165, 1.54) is 0 Å². The number of rotatable bonds is 8. The van der Waals surface area contributed by atoms with E-state index in [4.69, 9.17) is 9.47 Å². The monoisotopic (exact) mass is 462 g/mol. The number of carbonyl (C=O) groups is 1. The minimum atomic E-state index is -0.00535. The lowest BCUT2D eigenvalue weighted by molar-refractivity contribution is -0.120. The average molecular weight is 462 g/mol. The number of guanidine groups is 1. The van der Waals surface area contributed by atoms with Crippen LogP contribution in [0.5, 0.6) is 11.5 Å². The van der Waals surface area contributed by atoms with Crippen LogP contribution in [0, 0.1) is 0 Å². The van der Waals surface area contributed by atoms with Gasteiger partial charge in [0.25, 0.3) is 0 Å². The Morgan fingerprint density at radius 2 is 1.92 bits per heavy atom. The number of nitrogens with one attached hydrogen (secondary N) is 3. The lowest BCUT2D eigenvalue weighted by atomic mass is 10.2. The number of aliphatic imine (C=N–C) groups is 1. The van der Waals surface area contributed by atoms with E-state index >= 15 is 0 Å². The number of benzene rings is 1. The summed E-state index contributed by atoms with van der Waals surface area (Å²) >= 11 is 0. The number of amides is 1. The van der Waals surface area contributed by atoms with Gasteiger partial charge in [0.2, 0.25) is 5.91 Å². The van der Waals surface area contributed by atoms with Gasteiger partial charge in [-0.05, 0) is 37.5 Å². The number of methoxy groups -OCH3 is 2. The Morgan fingerprint density at radius 3 is 2.52 bits per heavy atom. The number of halogens is 1. The zero-order chi connectivity index (χ0) is 17.4. The number of carbonyl (C=O) groups excluding carboxylic acids is 1. The van der Waals surface area contributed by atoms with Gasteiger partial charge in [-0.15, -0.1) is 24.0 Å². The van der Waals surface area contributed by atoms with Crippen LogP contribution in [0.15, 0.2) is 23.2 Å². The molecule has 1 fully saturated rings. The molecule has 0 spiro atoms. The summed E-state index contributed by atoms with van der Waals surface area (Å²) in [6, 6.07) is 6.05. The van der Waals surface area contributed by atoms with Crippen molar-refractivity contribution in [1.82, 2.24) is 16.0 Å². The van der Waals surface area contributed by atoms with E-state index in [-0.39, 0.29) is 36.4 Å². The van der Waals surface area contributed by atoms with Crippen LogP contribution in [0.3, 0.4) is 0 Å². The second-order valence-electron chi connectivity index (χ2n) is 5.58. The van der Waals surface area contributed by atoms with Gasteiger partial charge in [-0.2, -0.15) is 0 Å². The molecular formula is C17H27IN4O3. The molecule has 0 saturated heterocycles. The predicted octanol–water partition coefficient (Wildman–Crippen LogP) is 1.66. The van der Waals surface area contributed by atoms with Crippen molar-refractivity contribution in [3.8, 4) is 11.5 Å². The molecule has 0 unspecified atom stereocenters. The van der Waals surface area contributed by atoms with Crippen molar-refractivity contribution < 1.29 is 14.3 Å². The summed E-state index contributed by atoms with van der Waals surface area (Å²) in [5.74, 6) is 1.96. The van der Waals surface area contributed by atoms with Crippen LogP contribution in [0.4, 0.5) is 0 Å². The molecular weight excluding hydrogens is 435 g/mol. The Kier molecular flexibility index (Phi) is 9.40. The van der Waals surface area contributed by atoms with E-state index in [0.29, 0.717) is 30.0 Å². The maximum absolute atomic E-state index is 11.7. The highest BCUT2D eigenvalue weighted by Gasteiger charge is 2.22. The van der Waals surface area contributed by atoms with E-state index < -0.39 is 0 Å². The third-order valence-corrected chi connectivity index (χ3v) is 3.57. The quantitative estimate of drug-likeness (QED) is 0.311. The van der Waals surface area contributed by atoms with E-state index in [2.05, 4.69) is 20.9 Å². The highest BCUT2D eigenvalue weighted by molar-refractivity contribution is 14.0. The third kappa shape index (κ3) is 7.37. The minimum absolute atomic E-state index is 0. The molecule has 1 aromatic rings. The van der Waals surface area contributed by atoms with Gasteiger partial charge in [0.1, 0.15) is 0 Å². The molecule has 0 aromatic heterocycles. The van der Waals surface area contributed by atoms with Gasteiger partial charge < -0.3 is 25.4 Å². The number of hydrogen-bond donors (Lipinski definition) is 3. The second-order valence-corrected chi connectivity index (χ2v) is 5.58. The van der Waals surface area contributed by atoms with Gasteiger partial charge in [0.15, 0.2) is 17.5 Å². The highest BCUT2D eigenvalue weighted by atomic mass is 127. The van der Waals surface area contributed by atoms with Crippen molar-refractivity contribution >= 4 is 35.8 Å². The van der Waals surface area contributed by atoms with Crippen LogP contribution < -0.4 is 25.4 Å². The van der Waals surface area contributed by atoms with Crippen LogP contribution in [-0.2, 0) is 11.3 Å². The predicted molar refractivity (Wildman–Crippen MR) is 109 cm³/mol. The van der Waals surface area contributed by atoms with Crippen LogP contribution in [-0.4, -0.2) is 45.2 Å². The first-order valence-corrected chi connectivity index (χ1v) is 8.18. The molecule has 1 aromatic carbocycles. The van der Waals surface area contributed by atoms with Crippen LogP contribution in [0.25, 0.3) is 0 Å². The topological polar surface area (TPSA) is 84.0 Å².